The Morgan fingerprint density at radius 2 is 1.85 bits per heavy atom. The molecule has 0 aromatic heterocycles. The van der Waals surface area contributed by atoms with E-state index < -0.39 is 12.0 Å². The summed E-state index contributed by atoms with van der Waals surface area (Å²) in [7, 11) is 3.07. The van der Waals surface area contributed by atoms with Gasteiger partial charge in [-0.05, 0) is 30.0 Å². The highest BCUT2D eigenvalue weighted by Gasteiger charge is 2.21. The highest BCUT2D eigenvalue weighted by molar-refractivity contribution is 5.77. The second-order valence-corrected chi connectivity index (χ2v) is 6.88. The van der Waals surface area contributed by atoms with Crippen LogP contribution in [-0.4, -0.2) is 31.2 Å². The topological polar surface area (TPSA) is 84.9 Å². The van der Waals surface area contributed by atoms with Crippen LogP contribution in [0.2, 0.25) is 0 Å². The summed E-state index contributed by atoms with van der Waals surface area (Å²) in [6.45, 7) is 0. The number of amides is 1. The van der Waals surface area contributed by atoms with E-state index in [4.69, 9.17) is 9.47 Å². The van der Waals surface area contributed by atoms with Gasteiger partial charge < -0.3 is 19.9 Å². The van der Waals surface area contributed by atoms with Gasteiger partial charge >= 0.3 is 5.97 Å². The summed E-state index contributed by atoms with van der Waals surface area (Å²) >= 11 is 0. The zero-order valence-corrected chi connectivity index (χ0v) is 15.6. The Hall–Kier alpha value is -2.24. The van der Waals surface area contributed by atoms with Gasteiger partial charge in [-0.2, -0.15) is 0 Å². The third kappa shape index (κ3) is 5.93. The van der Waals surface area contributed by atoms with Crippen molar-refractivity contribution >= 4 is 11.9 Å². The number of aliphatic carboxylic acids is 1. The van der Waals surface area contributed by atoms with Crippen LogP contribution in [0.1, 0.15) is 63.0 Å². The van der Waals surface area contributed by atoms with E-state index in [-0.39, 0.29) is 12.3 Å². The minimum Gasteiger partial charge on any atom is -0.493 e. The average molecular weight is 363 g/mol. The molecule has 0 spiro atoms. The zero-order chi connectivity index (χ0) is 18.9. The molecular formula is C20H29NO5. The van der Waals surface area contributed by atoms with Crippen LogP contribution in [0.15, 0.2) is 18.2 Å². The predicted molar refractivity (Wildman–Crippen MR) is 98.5 cm³/mol. The van der Waals surface area contributed by atoms with Gasteiger partial charge in [-0.15, -0.1) is 0 Å². The molecule has 1 aliphatic rings. The lowest BCUT2D eigenvalue weighted by Gasteiger charge is -2.22. The second kappa shape index (κ2) is 10.0. The molecule has 6 heteroatoms. The van der Waals surface area contributed by atoms with E-state index in [0.29, 0.717) is 29.4 Å². The summed E-state index contributed by atoms with van der Waals surface area (Å²) in [6, 6.07) is 4.60. The molecule has 1 amide bonds. The first kappa shape index (κ1) is 20.1. The monoisotopic (exact) mass is 363 g/mol. The van der Waals surface area contributed by atoms with Crippen LogP contribution >= 0.6 is 0 Å². The summed E-state index contributed by atoms with van der Waals surface area (Å²) in [6.07, 6.45) is 7.32. The summed E-state index contributed by atoms with van der Waals surface area (Å²) in [5, 5.41) is 12.1. The number of carbonyl (C=O) groups excluding carboxylic acids is 1. The number of hydrogen-bond acceptors (Lipinski definition) is 4. The maximum Gasteiger partial charge on any atom is 0.305 e. The Bertz CT molecular complexity index is 610. The van der Waals surface area contributed by atoms with E-state index in [1.165, 1.54) is 39.2 Å². The fraction of sp³-hybridized carbons (Fsp3) is 0.600. The van der Waals surface area contributed by atoms with E-state index in [1.54, 1.807) is 25.3 Å². The van der Waals surface area contributed by atoms with Gasteiger partial charge in [0.1, 0.15) is 0 Å². The number of rotatable bonds is 9. The Morgan fingerprint density at radius 3 is 2.46 bits per heavy atom. The van der Waals surface area contributed by atoms with Gasteiger partial charge in [0.2, 0.25) is 5.91 Å². The Labute approximate surface area is 154 Å². The molecule has 1 atom stereocenters. The standard InChI is InChI=1S/C20H29NO5/c1-25-17-10-9-15(12-18(17)26-2)16(13-20(23)24)21-19(22)11-8-14-6-4-3-5-7-14/h9-10,12,14,16H,3-8,11,13H2,1-2H3,(H,21,22)(H,23,24). The number of ether oxygens (including phenoxy) is 2. The van der Waals surface area contributed by atoms with E-state index in [2.05, 4.69) is 5.32 Å². The van der Waals surface area contributed by atoms with Gasteiger partial charge in [0, 0.05) is 6.42 Å². The van der Waals surface area contributed by atoms with Gasteiger partial charge in [0.25, 0.3) is 0 Å². The molecule has 1 aliphatic carbocycles. The van der Waals surface area contributed by atoms with Crippen molar-refractivity contribution in [1.29, 1.82) is 0 Å². The zero-order valence-electron chi connectivity index (χ0n) is 15.6. The highest BCUT2D eigenvalue weighted by atomic mass is 16.5. The minimum atomic E-state index is -0.961. The molecule has 0 heterocycles. The van der Waals surface area contributed by atoms with Crippen molar-refractivity contribution in [3.05, 3.63) is 23.8 Å². The van der Waals surface area contributed by atoms with Crippen LogP contribution in [0.5, 0.6) is 11.5 Å². The first-order chi connectivity index (χ1) is 12.5. The van der Waals surface area contributed by atoms with E-state index in [9.17, 15) is 14.7 Å². The Morgan fingerprint density at radius 1 is 1.15 bits per heavy atom. The SMILES string of the molecule is COc1ccc(C(CC(=O)O)NC(=O)CCC2CCCCC2)cc1OC. The summed E-state index contributed by atoms with van der Waals surface area (Å²) < 4.78 is 10.5. The summed E-state index contributed by atoms with van der Waals surface area (Å²) in [5.41, 5.74) is 0.691. The fourth-order valence-electron chi connectivity index (χ4n) is 3.57. The van der Waals surface area contributed by atoms with Gasteiger partial charge in [-0.3, -0.25) is 9.59 Å². The molecule has 2 N–H and O–H groups in total. The molecule has 6 nitrogen and oxygen atoms in total. The first-order valence-corrected chi connectivity index (χ1v) is 9.26. The largest absolute Gasteiger partial charge is 0.493 e. The molecule has 1 unspecified atom stereocenters. The molecule has 0 aliphatic heterocycles. The fourth-order valence-corrected chi connectivity index (χ4v) is 3.57. The molecule has 1 aromatic carbocycles. The normalized spacial score (nSPS) is 15.9. The van der Waals surface area contributed by atoms with E-state index >= 15 is 0 Å². The Kier molecular flexibility index (Phi) is 7.75. The number of carboxylic acid groups (broad SMARTS) is 1. The molecule has 144 valence electrons. The highest BCUT2D eigenvalue weighted by Crippen LogP contribution is 2.31. The molecule has 0 saturated heterocycles. The third-order valence-corrected chi connectivity index (χ3v) is 5.03. The molecule has 0 radical (unpaired) electrons. The summed E-state index contributed by atoms with van der Waals surface area (Å²) in [4.78, 5) is 23.6. The van der Waals surface area contributed by atoms with Crippen molar-refractivity contribution in [2.24, 2.45) is 5.92 Å². The number of benzene rings is 1. The molecule has 1 saturated carbocycles. The van der Waals surface area contributed by atoms with Crippen molar-refractivity contribution in [3.8, 4) is 11.5 Å². The lowest BCUT2D eigenvalue weighted by Crippen LogP contribution is -2.30. The quantitative estimate of drug-likeness (QED) is 0.699. The number of carboxylic acids is 1. The van der Waals surface area contributed by atoms with Gasteiger partial charge in [0.15, 0.2) is 11.5 Å². The smallest absolute Gasteiger partial charge is 0.305 e. The van der Waals surface area contributed by atoms with Crippen LogP contribution in [-0.2, 0) is 9.59 Å². The van der Waals surface area contributed by atoms with Crippen molar-refractivity contribution in [1.82, 2.24) is 5.32 Å². The van der Waals surface area contributed by atoms with Crippen LogP contribution in [0.25, 0.3) is 0 Å². The van der Waals surface area contributed by atoms with Crippen LogP contribution < -0.4 is 14.8 Å². The first-order valence-electron chi connectivity index (χ1n) is 9.26. The van der Waals surface area contributed by atoms with E-state index in [0.717, 1.165) is 6.42 Å². The molecular weight excluding hydrogens is 334 g/mol. The van der Waals surface area contributed by atoms with Gasteiger partial charge in [0.05, 0.1) is 26.7 Å². The van der Waals surface area contributed by atoms with Crippen molar-refractivity contribution < 1.29 is 24.2 Å². The van der Waals surface area contributed by atoms with Crippen molar-refractivity contribution in [3.63, 3.8) is 0 Å². The maximum atomic E-state index is 12.4. The van der Waals surface area contributed by atoms with Crippen molar-refractivity contribution in [2.75, 3.05) is 14.2 Å². The van der Waals surface area contributed by atoms with Crippen LogP contribution in [0.3, 0.4) is 0 Å². The second-order valence-electron chi connectivity index (χ2n) is 6.88. The predicted octanol–water partition coefficient (Wildman–Crippen LogP) is 3.70. The van der Waals surface area contributed by atoms with E-state index in [1.807, 2.05) is 0 Å². The average Bonchev–Trinajstić information content (AvgIpc) is 2.65. The molecule has 0 bridgehead atoms. The molecule has 26 heavy (non-hydrogen) atoms. The maximum absolute atomic E-state index is 12.4. The number of hydrogen-bond donors (Lipinski definition) is 2. The number of carbonyl (C=O) groups is 2. The lowest BCUT2D eigenvalue weighted by molar-refractivity contribution is -0.137. The number of methoxy groups -OCH3 is 2. The van der Waals surface area contributed by atoms with Crippen LogP contribution in [0, 0.1) is 5.92 Å². The van der Waals surface area contributed by atoms with Gasteiger partial charge in [-0.1, -0.05) is 38.2 Å². The number of nitrogens with one attached hydrogen (secondary N) is 1. The molecule has 1 aromatic rings. The lowest BCUT2D eigenvalue weighted by atomic mass is 9.86. The third-order valence-electron chi connectivity index (χ3n) is 5.03. The summed E-state index contributed by atoms with van der Waals surface area (Å²) in [5.74, 6) is 0.633. The molecule has 1 fully saturated rings. The van der Waals surface area contributed by atoms with Crippen molar-refractivity contribution in [2.45, 2.75) is 57.4 Å². The molecule has 2 rings (SSSR count). The van der Waals surface area contributed by atoms with Crippen LogP contribution in [0.4, 0.5) is 0 Å². The minimum absolute atomic E-state index is 0.100. The van der Waals surface area contributed by atoms with Gasteiger partial charge in [-0.25, -0.2) is 0 Å². The Balaban J connectivity index is 2.01.